The van der Waals surface area contributed by atoms with Gasteiger partial charge in [0.25, 0.3) is 0 Å². The fraction of sp³-hybridized carbons (Fsp3) is 0.462. The zero-order valence-electron chi connectivity index (χ0n) is 10.2. The Balaban J connectivity index is 1.94. The van der Waals surface area contributed by atoms with Gasteiger partial charge in [0, 0.05) is 11.6 Å². The van der Waals surface area contributed by atoms with Crippen LogP contribution >= 0.6 is 12.2 Å². The zero-order valence-corrected chi connectivity index (χ0v) is 11.0. The number of hydrogen-bond donors (Lipinski definition) is 1. The summed E-state index contributed by atoms with van der Waals surface area (Å²) in [5.74, 6) is 0.0105. The summed E-state index contributed by atoms with van der Waals surface area (Å²) in [6.07, 6.45) is 2.41. The van der Waals surface area contributed by atoms with E-state index in [4.69, 9.17) is 27.4 Å². The van der Waals surface area contributed by atoms with Crippen molar-refractivity contribution in [3.8, 4) is 5.75 Å². The van der Waals surface area contributed by atoms with Crippen molar-refractivity contribution in [2.75, 3.05) is 6.61 Å². The molecule has 1 aromatic carbocycles. The van der Waals surface area contributed by atoms with Gasteiger partial charge in [0.2, 0.25) is 0 Å². The lowest BCUT2D eigenvalue weighted by molar-refractivity contribution is 0.0264. The molecule has 1 aliphatic rings. The average Bonchev–Trinajstić information content (AvgIpc) is 2.72. The van der Waals surface area contributed by atoms with Crippen LogP contribution in [-0.2, 0) is 4.74 Å². The molecule has 2 N–H and O–H groups in total. The topological polar surface area (TPSA) is 44.5 Å². The number of nitrogens with two attached hydrogens (primary N) is 1. The highest BCUT2D eigenvalue weighted by molar-refractivity contribution is 7.80. The second-order valence-electron chi connectivity index (χ2n) is 4.46. The highest BCUT2D eigenvalue weighted by atomic mass is 32.1. The highest BCUT2D eigenvalue weighted by Crippen LogP contribution is 2.21. The number of thiocarbonyl (C=S) groups is 1. The summed E-state index contributed by atoms with van der Waals surface area (Å²) in [5.41, 5.74) is 5.62. The van der Waals surface area contributed by atoms with Gasteiger partial charge in [0.15, 0.2) is 0 Å². The first-order chi connectivity index (χ1) is 8.56. The minimum Gasteiger partial charge on any atom is -0.491 e. The minimum absolute atomic E-state index is 0.0481. The molecule has 18 heavy (non-hydrogen) atoms. The molecule has 1 heterocycles. The minimum atomic E-state index is -0.458. The molecule has 0 bridgehead atoms. The van der Waals surface area contributed by atoms with Crippen molar-refractivity contribution in [1.82, 2.24) is 0 Å². The quantitative estimate of drug-likeness (QED) is 0.853. The molecule has 2 rings (SSSR count). The second-order valence-corrected chi connectivity index (χ2v) is 4.90. The summed E-state index contributed by atoms with van der Waals surface area (Å²) in [6.45, 7) is 2.48. The van der Waals surface area contributed by atoms with Crippen molar-refractivity contribution in [2.45, 2.75) is 32.0 Å². The standard InChI is InChI=1S/C13H16FNO2S/c1-8-2-3-10(17-8)7-16-9-4-5-11(13(15)18)12(14)6-9/h4-6,8,10H,2-3,7H2,1H3,(H2,15,18). The molecule has 0 radical (unpaired) electrons. The molecular weight excluding hydrogens is 253 g/mol. The maximum Gasteiger partial charge on any atom is 0.137 e. The van der Waals surface area contributed by atoms with Crippen molar-refractivity contribution < 1.29 is 13.9 Å². The van der Waals surface area contributed by atoms with Crippen LogP contribution in [0.15, 0.2) is 18.2 Å². The Bertz CT molecular complexity index is 453. The van der Waals surface area contributed by atoms with Gasteiger partial charge >= 0.3 is 0 Å². The lowest BCUT2D eigenvalue weighted by Gasteiger charge is -2.13. The summed E-state index contributed by atoms with van der Waals surface area (Å²) in [6, 6.07) is 4.49. The van der Waals surface area contributed by atoms with Crippen LogP contribution in [0.3, 0.4) is 0 Å². The van der Waals surface area contributed by atoms with E-state index in [2.05, 4.69) is 0 Å². The first kappa shape index (κ1) is 13.2. The van der Waals surface area contributed by atoms with Crippen LogP contribution in [0.4, 0.5) is 4.39 Å². The Hall–Kier alpha value is -1.20. The normalized spacial score (nSPS) is 23.0. The Morgan fingerprint density at radius 2 is 2.33 bits per heavy atom. The van der Waals surface area contributed by atoms with Crippen molar-refractivity contribution in [3.63, 3.8) is 0 Å². The van der Waals surface area contributed by atoms with Gasteiger partial charge in [-0.1, -0.05) is 12.2 Å². The molecule has 3 nitrogen and oxygen atoms in total. The molecule has 1 fully saturated rings. The smallest absolute Gasteiger partial charge is 0.137 e. The SMILES string of the molecule is CC1CCC(COc2ccc(C(N)=S)c(F)c2)O1. The fourth-order valence-electron chi connectivity index (χ4n) is 1.98. The van der Waals surface area contributed by atoms with Gasteiger partial charge in [-0.25, -0.2) is 4.39 Å². The molecule has 0 aromatic heterocycles. The predicted molar refractivity (Wildman–Crippen MR) is 71.4 cm³/mol. The van der Waals surface area contributed by atoms with Crippen LogP contribution < -0.4 is 10.5 Å². The van der Waals surface area contributed by atoms with Crippen molar-refractivity contribution in [3.05, 3.63) is 29.6 Å². The van der Waals surface area contributed by atoms with E-state index in [1.807, 2.05) is 6.92 Å². The third-order valence-corrected chi connectivity index (χ3v) is 3.18. The van der Waals surface area contributed by atoms with E-state index in [0.29, 0.717) is 12.4 Å². The Morgan fingerprint density at radius 1 is 1.56 bits per heavy atom. The molecule has 2 unspecified atom stereocenters. The summed E-state index contributed by atoms with van der Waals surface area (Å²) in [5, 5.41) is 0. The predicted octanol–water partition coefficient (Wildman–Crippen LogP) is 2.41. The van der Waals surface area contributed by atoms with Crippen LogP contribution in [0, 0.1) is 5.82 Å². The van der Waals surface area contributed by atoms with Crippen LogP contribution in [0.25, 0.3) is 0 Å². The molecule has 0 spiro atoms. The Labute approximate surface area is 111 Å². The van der Waals surface area contributed by atoms with Gasteiger partial charge in [-0.3, -0.25) is 0 Å². The van der Waals surface area contributed by atoms with Crippen LogP contribution in [0.1, 0.15) is 25.3 Å². The zero-order chi connectivity index (χ0) is 13.1. The summed E-state index contributed by atoms with van der Waals surface area (Å²) < 4.78 is 24.7. The lowest BCUT2D eigenvalue weighted by Crippen LogP contribution is -2.18. The summed E-state index contributed by atoms with van der Waals surface area (Å²) in [4.78, 5) is 0.0481. The van der Waals surface area contributed by atoms with Crippen LogP contribution in [-0.4, -0.2) is 23.8 Å². The maximum absolute atomic E-state index is 13.6. The van der Waals surface area contributed by atoms with Crippen molar-refractivity contribution in [2.24, 2.45) is 5.73 Å². The molecule has 1 aliphatic heterocycles. The number of halogens is 1. The highest BCUT2D eigenvalue weighted by Gasteiger charge is 2.22. The summed E-state index contributed by atoms with van der Waals surface area (Å²) in [7, 11) is 0. The van der Waals surface area contributed by atoms with Gasteiger partial charge in [0.05, 0.1) is 12.2 Å². The van der Waals surface area contributed by atoms with E-state index in [-0.39, 0.29) is 22.8 Å². The molecule has 5 heteroatoms. The van der Waals surface area contributed by atoms with E-state index < -0.39 is 5.82 Å². The maximum atomic E-state index is 13.6. The van der Waals surface area contributed by atoms with E-state index in [1.54, 1.807) is 6.07 Å². The van der Waals surface area contributed by atoms with Crippen LogP contribution in [0.2, 0.25) is 0 Å². The van der Waals surface area contributed by atoms with Gasteiger partial charge in [-0.15, -0.1) is 0 Å². The molecule has 2 atom stereocenters. The Morgan fingerprint density at radius 3 is 2.89 bits per heavy atom. The fourth-order valence-corrected chi connectivity index (χ4v) is 2.15. The van der Waals surface area contributed by atoms with Crippen molar-refractivity contribution in [1.29, 1.82) is 0 Å². The molecule has 1 saturated heterocycles. The van der Waals surface area contributed by atoms with Gasteiger partial charge in [-0.05, 0) is 31.9 Å². The first-order valence-corrected chi connectivity index (χ1v) is 6.34. The van der Waals surface area contributed by atoms with Gasteiger partial charge in [-0.2, -0.15) is 0 Å². The number of ether oxygens (including phenoxy) is 2. The molecule has 0 amide bonds. The molecule has 98 valence electrons. The van der Waals surface area contributed by atoms with E-state index >= 15 is 0 Å². The van der Waals surface area contributed by atoms with E-state index in [1.165, 1.54) is 12.1 Å². The van der Waals surface area contributed by atoms with E-state index in [9.17, 15) is 4.39 Å². The number of benzene rings is 1. The number of hydrogen-bond acceptors (Lipinski definition) is 3. The molecule has 0 saturated carbocycles. The monoisotopic (exact) mass is 269 g/mol. The third-order valence-electron chi connectivity index (χ3n) is 2.96. The van der Waals surface area contributed by atoms with E-state index in [0.717, 1.165) is 12.8 Å². The second kappa shape index (κ2) is 5.63. The first-order valence-electron chi connectivity index (χ1n) is 5.94. The van der Waals surface area contributed by atoms with Gasteiger partial charge < -0.3 is 15.2 Å². The molecular formula is C13H16FNO2S. The molecule has 1 aromatic rings. The average molecular weight is 269 g/mol. The van der Waals surface area contributed by atoms with Crippen molar-refractivity contribution >= 4 is 17.2 Å². The van der Waals surface area contributed by atoms with Gasteiger partial charge in [0.1, 0.15) is 23.2 Å². The molecule has 0 aliphatic carbocycles. The largest absolute Gasteiger partial charge is 0.491 e. The Kier molecular flexibility index (Phi) is 4.14. The summed E-state index contributed by atoms with van der Waals surface area (Å²) >= 11 is 4.73. The van der Waals surface area contributed by atoms with Crippen LogP contribution in [0.5, 0.6) is 5.75 Å². The third kappa shape index (κ3) is 3.17. The lowest BCUT2D eigenvalue weighted by atomic mass is 10.2. The number of rotatable bonds is 4.